The number of rotatable bonds is 1. The van der Waals surface area contributed by atoms with E-state index in [4.69, 9.17) is 4.74 Å². The normalized spacial score (nSPS) is 10.2. The molecule has 0 radical (unpaired) electrons. The van der Waals surface area contributed by atoms with Gasteiger partial charge in [-0.05, 0) is 32.9 Å². The molecule has 0 aliphatic heterocycles. The van der Waals surface area contributed by atoms with Gasteiger partial charge in [-0.25, -0.2) is 0 Å². The number of carbonyl (C=O) groups is 1. The van der Waals surface area contributed by atoms with Gasteiger partial charge in [-0.15, -0.1) is 0 Å². The molecule has 72 valence electrons. The van der Waals surface area contributed by atoms with Gasteiger partial charge in [0, 0.05) is 25.7 Å². The summed E-state index contributed by atoms with van der Waals surface area (Å²) in [6, 6.07) is 3.43. The van der Waals surface area contributed by atoms with Gasteiger partial charge in [-0.2, -0.15) is 0 Å². The van der Waals surface area contributed by atoms with Gasteiger partial charge >= 0.3 is 5.97 Å². The van der Waals surface area contributed by atoms with Gasteiger partial charge in [0.2, 0.25) is 0 Å². The van der Waals surface area contributed by atoms with E-state index >= 15 is 0 Å². The van der Waals surface area contributed by atoms with Crippen molar-refractivity contribution in [2.75, 3.05) is 0 Å². The van der Waals surface area contributed by atoms with Crippen LogP contribution in [0.5, 0.6) is 5.75 Å². The van der Waals surface area contributed by atoms with E-state index in [1.54, 1.807) is 18.3 Å². The number of esters is 1. The van der Waals surface area contributed by atoms with Crippen LogP contribution in [0.2, 0.25) is 0 Å². The Morgan fingerprint density at radius 2 is 2.07 bits per heavy atom. The number of hydrogen-bond acceptors (Lipinski definition) is 3. The molecular weight excluding hydrogens is 232 g/mol. The minimum Gasteiger partial charge on any atom is -0.424 e. The summed E-state index contributed by atoms with van der Waals surface area (Å²) in [6.07, 6.45) is 3.15. The van der Waals surface area contributed by atoms with E-state index in [1.807, 2.05) is 20.8 Å². The van der Waals surface area contributed by atoms with Crippen molar-refractivity contribution in [2.45, 2.75) is 20.8 Å². The predicted molar refractivity (Wildman–Crippen MR) is 49.3 cm³/mol. The van der Waals surface area contributed by atoms with Crippen molar-refractivity contribution in [2.24, 2.45) is 5.41 Å². The standard InChI is InChI=1S/C10H13NO2.Zn/c1-10(2,3)9(12)13-8-5-4-6-11-7-8;/h4-7H,1-3H3;. The van der Waals surface area contributed by atoms with Gasteiger partial charge in [-0.1, -0.05) is 0 Å². The maximum Gasteiger partial charge on any atom is 0.316 e. The summed E-state index contributed by atoms with van der Waals surface area (Å²) in [5.41, 5.74) is -0.476. The van der Waals surface area contributed by atoms with Crippen molar-refractivity contribution in [1.82, 2.24) is 4.98 Å². The molecule has 1 aromatic heterocycles. The summed E-state index contributed by atoms with van der Waals surface area (Å²) in [4.78, 5) is 15.2. The van der Waals surface area contributed by atoms with Gasteiger partial charge in [0.15, 0.2) is 0 Å². The Hall–Kier alpha value is -0.757. The summed E-state index contributed by atoms with van der Waals surface area (Å²) >= 11 is 0. The Morgan fingerprint density at radius 1 is 1.43 bits per heavy atom. The Balaban J connectivity index is 0.00000169. The predicted octanol–water partition coefficient (Wildman–Crippen LogP) is 2.03. The van der Waals surface area contributed by atoms with E-state index in [0.717, 1.165) is 0 Å². The van der Waals surface area contributed by atoms with Crippen molar-refractivity contribution in [3.8, 4) is 5.75 Å². The van der Waals surface area contributed by atoms with E-state index in [9.17, 15) is 4.79 Å². The van der Waals surface area contributed by atoms with Crippen molar-refractivity contribution in [3.63, 3.8) is 0 Å². The number of ether oxygens (including phenoxy) is 1. The first-order chi connectivity index (χ1) is 6.00. The fraction of sp³-hybridized carbons (Fsp3) is 0.400. The second-order valence-corrected chi connectivity index (χ2v) is 3.83. The molecule has 0 spiro atoms. The smallest absolute Gasteiger partial charge is 0.316 e. The van der Waals surface area contributed by atoms with Gasteiger partial charge in [0.25, 0.3) is 0 Å². The average Bonchev–Trinajstić information content (AvgIpc) is 2.04. The van der Waals surface area contributed by atoms with E-state index < -0.39 is 5.41 Å². The van der Waals surface area contributed by atoms with E-state index in [0.29, 0.717) is 5.75 Å². The summed E-state index contributed by atoms with van der Waals surface area (Å²) < 4.78 is 5.08. The number of pyridine rings is 1. The van der Waals surface area contributed by atoms with Gasteiger partial charge in [0.05, 0.1) is 11.6 Å². The quantitative estimate of drug-likeness (QED) is 0.561. The molecule has 1 heterocycles. The molecule has 4 heteroatoms. The van der Waals surface area contributed by atoms with Crippen LogP contribution in [-0.4, -0.2) is 11.0 Å². The molecule has 0 fully saturated rings. The molecule has 14 heavy (non-hydrogen) atoms. The van der Waals surface area contributed by atoms with Crippen molar-refractivity contribution >= 4 is 5.97 Å². The Labute approximate surface area is 96.6 Å². The van der Waals surface area contributed by atoms with E-state index in [-0.39, 0.29) is 25.4 Å². The molecule has 0 atom stereocenters. The van der Waals surface area contributed by atoms with Crippen LogP contribution in [0.3, 0.4) is 0 Å². The minimum atomic E-state index is -0.476. The van der Waals surface area contributed by atoms with Crippen LogP contribution in [0.15, 0.2) is 24.5 Å². The summed E-state index contributed by atoms with van der Waals surface area (Å²) in [5, 5.41) is 0. The summed E-state index contributed by atoms with van der Waals surface area (Å²) in [6.45, 7) is 5.43. The van der Waals surface area contributed by atoms with Crippen molar-refractivity contribution in [1.29, 1.82) is 0 Å². The molecule has 0 aromatic carbocycles. The molecule has 1 rings (SSSR count). The third-order valence-corrected chi connectivity index (χ3v) is 1.46. The summed E-state index contributed by atoms with van der Waals surface area (Å²) in [5.74, 6) is 0.239. The number of hydrogen-bond donors (Lipinski definition) is 0. The fourth-order valence-corrected chi connectivity index (χ4v) is 0.668. The van der Waals surface area contributed by atoms with Crippen molar-refractivity contribution in [3.05, 3.63) is 24.5 Å². The molecule has 0 unspecified atom stereocenters. The van der Waals surface area contributed by atoms with Crippen LogP contribution in [0, 0.1) is 5.41 Å². The first-order valence-electron chi connectivity index (χ1n) is 4.12. The molecule has 3 nitrogen and oxygen atoms in total. The van der Waals surface area contributed by atoms with Crippen molar-refractivity contribution < 1.29 is 29.0 Å². The van der Waals surface area contributed by atoms with E-state index in [2.05, 4.69) is 4.98 Å². The fourth-order valence-electron chi connectivity index (χ4n) is 0.668. The van der Waals surface area contributed by atoms with Gasteiger partial charge in [-0.3, -0.25) is 9.78 Å². The topological polar surface area (TPSA) is 39.2 Å². The van der Waals surface area contributed by atoms with Gasteiger partial charge < -0.3 is 4.74 Å². The zero-order chi connectivity index (χ0) is 9.90. The molecule has 0 amide bonds. The third kappa shape index (κ3) is 3.97. The van der Waals surface area contributed by atoms with E-state index in [1.165, 1.54) is 6.20 Å². The number of carbonyl (C=O) groups excluding carboxylic acids is 1. The van der Waals surface area contributed by atoms with Crippen LogP contribution in [0.1, 0.15) is 20.8 Å². The Bertz CT molecular complexity index is 293. The largest absolute Gasteiger partial charge is 0.424 e. The molecular formula is C10H13NO2Zn. The maximum atomic E-state index is 11.4. The van der Waals surface area contributed by atoms with Gasteiger partial charge in [0.1, 0.15) is 5.75 Å². The minimum absolute atomic E-state index is 0. The molecule has 0 aliphatic rings. The number of aromatic nitrogens is 1. The first kappa shape index (κ1) is 13.2. The molecule has 0 N–H and O–H groups in total. The molecule has 1 aromatic rings. The Kier molecular flexibility index (Phi) is 4.92. The average molecular weight is 245 g/mol. The molecule has 0 aliphatic carbocycles. The molecule has 0 saturated carbocycles. The van der Waals surface area contributed by atoms with Crippen LogP contribution in [0.4, 0.5) is 0 Å². The SMILES string of the molecule is CC(C)(C)C(=O)Oc1cccnc1.[Zn]. The van der Waals surface area contributed by atoms with Crippen LogP contribution >= 0.6 is 0 Å². The second kappa shape index (κ2) is 5.21. The zero-order valence-electron chi connectivity index (χ0n) is 8.78. The number of nitrogens with zero attached hydrogens (tertiary/aromatic N) is 1. The third-order valence-electron chi connectivity index (χ3n) is 1.46. The zero-order valence-corrected chi connectivity index (χ0v) is 11.7. The summed E-state index contributed by atoms with van der Waals surface area (Å²) in [7, 11) is 0. The maximum absolute atomic E-state index is 11.4. The first-order valence-corrected chi connectivity index (χ1v) is 4.12. The molecule has 0 saturated heterocycles. The van der Waals surface area contributed by atoms with Crippen LogP contribution in [0.25, 0.3) is 0 Å². The monoisotopic (exact) mass is 243 g/mol. The molecule has 0 bridgehead atoms. The van der Waals surface area contributed by atoms with Crippen LogP contribution in [-0.2, 0) is 24.3 Å². The Morgan fingerprint density at radius 3 is 2.50 bits per heavy atom. The second-order valence-electron chi connectivity index (χ2n) is 3.83. The van der Waals surface area contributed by atoms with Crippen LogP contribution < -0.4 is 4.74 Å².